The van der Waals surface area contributed by atoms with Crippen LogP contribution >= 0.6 is 11.3 Å². The summed E-state index contributed by atoms with van der Waals surface area (Å²) in [5.74, 6) is -0.399. The quantitative estimate of drug-likeness (QED) is 0.605. The van der Waals surface area contributed by atoms with Crippen molar-refractivity contribution < 1.29 is 23.8 Å². The molecule has 0 saturated carbocycles. The summed E-state index contributed by atoms with van der Waals surface area (Å²) in [6, 6.07) is 3.47. The number of ether oxygens (including phenoxy) is 3. The third-order valence-electron chi connectivity index (χ3n) is 2.56. The molecule has 6 heteroatoms. The molecule has 1 atom stereocenters. The zero-order chi connectivity index (χ0) is 13.0. The minimum absolute atomic E-state index is 0.0872. The smallest absolute Gasteiger partial charge is 0.310 e. The number of esters is 1. The first-order valence-corrected chi connectivity index (χ1v) is 6.41. The van der Waals surface area contributed by atoms with E-state index < -0.39 is 6.10 Å². The van der Waals surface area contributed by atoms with Crippen molar-refractivity contribution >= 4 is 23.1 Å². The van der Waals surface area contributed by atoms with Crippen molar-refractivity contribution in [2.24, 2.45) is 0 Å². The fourth-order valence-electron chi connectivity index (χ4n) is 1.62. The van der Waals surface area contributed by atoms with E-state index in [9.17, 15) is 9.59 Å². The molecule has 2 heterocycles. The Bertz CT molecular complexity index is 433. The largest absolute Gasteiger partial charge is 0.469 e. The molecular formula is C12H14O5S. The summed E-state index contributed by atoms with van der Waals surface area (Å²) in [4.78, 5) is 24.6. The number of hydrogen-bond acceptors (Lipinski definition) is 6. The highest BCUT2D eigenvalue weighted by molar-refractivity contribution is 7.14. The Kier molecular flexibility index (Phi) is 4.46. The molecule has 0 aliphatic carbocycles. The fraction of sp³-hybridized carbons (Fsp3) is 0.500. The molecule has 0 amide bonds. The molecule has 1 unspecified atom stereocenters. The van der Waals surface area contributed by atoms with Crippen molar-refractivity contribution in [2.45, 2.75) is 12.5 Å². The summed E-state index contributed by atoms with van der Waals surface area (Å²) in [5, 5.41) is 0. The second-order valence-electron chi connectivity index (χ2n) is 3.82. The first kappa shape index (κ1) is 13.2. The maximum atomic E-state index is 12.1. The van der Waals surface area contributed by atoms with Crippen LogP contribution in [0.1, 0.15) is 14.5 Å². The maximum Gasteiger partial charge on any atom is 0.310 e. The van der Waals surface area contributed by atoms with Gasteiger partial charge in [0, 0.05) is 4.88 Å². The van der Waals surface area contributed by atoms with Gasteiger partial charge in [0.25, 0.3) is 0 Å². The predicted molar refractivity (Wildman–Crippen MR) is 64.9 cm³/mol. The van der Waals surface area contributed by atoms with E-state index in [0.717, 1.165) is 4.88 Å². The average Bonchev–Trinajstić information content (AvgIpc) is 2.87. The normalized spacial score (nSPS) is 19.5. The first-order chi connectivity index (χ1) is 8.70. The van der Waals surface area contributed by atoms with Crippen LogP contribution in [-0.4, -0.2) is 44.8 Å². The Hall–Kier alpha value is -1.24. The van der Waals surface area contributed by atoms with Crippen LogP contribution in [0.2, 0.25) is 0 Å². The molecule has 0 spiro atoms. The summed E-state index contributed by atoms with van der Waals surface area (Å²) >= 11 is 1.29. The molecule has 2 rings (SSSR count). The minimum atomic E-state index is -0.525. The van der Waals surface area contributed by atoms with Gasteiger partial charge >= 0.3 is 5.97 Å². The number of carbonyl (C=O) groups is 2. The van der Waals surface area contributed by atoms with Gasteiger partial charge in [-0.3, -0.25) is 9.59 Å². The molecule has 1 aromatic heterocycles. The molecule has 1 aliphatic heterocycles. The van der Waals surface area contributed by atoms with Crippen LogP contribution in [0.5, 0.6) is 0 Å². The topological polar surface area (TPSA) is 61.8 Å². The Morgan fingerprint density at radius 1 is 1.44 bits per heavy atom. The van der Waals surface area contributed by atoms with Crippen LogP contribution < -0.4 is 0 Å². The van der Waals surface area contributed by atoms with Gasteiger partial charge in [-0.25, -0.2) is 0 Å². The van der Waals surface area contributed by atoms with E-state index >= 15 is 0 Å². The number of hydrogen-bond donors (Lipinski definition) is 0. The highest BCUT2D eigenvalue weighted by atomic mass is 32.1. The SMILES string of the molecule is COC(=O)Cc1ccc(C(=O)C2COCCO2)s1. The van der Waals surface area contributed by atoms with E-state index in [1.54, 1.807) is 12.1 Å². The van der Waals surface area contributed by atoms with E-state index in [1.165, 1.54) is 18.4 Å². The third-order valence-corrected chi connectivity index (χ3v) is 3.66. The van der Waals surface area contributed by atoms with Crippen molar-refractivity contribution in [1.82, 2.24) is 0 Å². The summed E-state index contributed by atoms with van der Waals surface area (Å²) < 4.78 is 15.1. The number of carbonyl (C=O) groups excluding carboxylic acids is 2. The number of thiophene rings is 1. The molecule has 18 heavy (non-hydrogen) atoms. The zero-order valence-electron chi connectivity index (χ0n) is 10.0. The van der Waals surface area contributed by atoms with E-state index in [2.05, 4.69) is 4.74 Å². The van der Waals surface area contributed by atoms with Crippen LogP contribution in [-0.2, 0) is 25.4 Å². The molecular weight excluding hydrogens is 256 g/mol. The molecule has 1 aromatic rings. The Morgan fingerprint density at radius 2 is 2.28 bits per heavy atom. The van der Waals surface area contributed by atoms with E-state index in [1.807, 2.05) is 0 Å². The minimum Gasteiger partial charge on any atom is -0.469 e. The molecule has 1 saturated heterocycles. The van der Waals surface area contributed by atoms with Crippen molar-refractivity contribution in [2.75, 3.05) is 26.9 Å². The van der Waals surface area contributed by atoms with Gasteiger partial charge in [-0.1, -0.05) is 0 Å². The van der Waals surface area contributed by atoms with Crippen molar-refractivity contribution in [3.8, 4) is 0 Å². The van der Waals surface area contributed by atoms with E-state index in [4.69, 9.17) is 9.47 Å². The van der Waals surface area contributed by atoms with Crippen LogP contribution in [0.3, 0.4) is 0 Å². The number of methoxy groups -OCH3 is 1. The highest BCUT2D eigenvalue weighted by Gasteiger charge is 2.25. The van der Waals surface area contributed by atoms with Gasteiger partial charge in [0.05, 0.1) is 38.2 Å². The highest BCUT2D eigenvalue weighted by Crippen LogP contribution is 2.20. The molecule has 0 N–H and O–H groups in total. The fourth-order valence-corrected chi connectivity index (χ4v) is 2.59. The Labute approximate surface area is 109 Å². The lowest BCUT2D eigenvalue weighted by Gasteiger charge is -2.21. The lowest BCUT2D eigenvalue weighted by atomic mass is 10.2. The van der Waals surface area contributed by atoms with Gasteiger partial charge in [0.2, 0.25) is 5.78 Å². The number of ketones is 1. The standard InChI is InChI=1S/C12H14O5S/c1-15-11(13)6-8-2-3-10(18-8)12(14)9-7-16-4-5-17-9/h2-3,9H,4-7H2,1H3. The monoisotopic (exact) mass is 270 g/mol. The van der Waals surface area contributed by atoms with Crippen LogP contribution in [0, 0.1) is 0 Å². The zero-order valence-corrected chi connectivity index (χ0v) is 10.8. The van der Waals surface area contributed by atoms with Crippen LogP contribution in [0.4, 0.5) is 0 Å². The summed E-state index contributed by atoms with van der Waals surface area (Å²) in [5.41, 5.74) is 0. The summed E-state index contributed by atoms with van der Waals surface area (Å²) in [7, 11) is 1.34. The van der Waals surface area contributed by atoms with E-state index in [0.29, 0.717) is 24.7 Å². The number of rotatable bonds is 4. The molecule has 98 valence electrons. The predicted octanol–water partition coefficient (Wildman–Crippen LogP) is 1.06. The Morgan fingerprint density at radius 3 is 2.94 bits per heavy atom. The summed E-state index contributed by atoms with van der Waals surface area (Å²) in [6.07, 6.45) is -0.334. The van der Waals surface area contributed by atoms with Gasteiger partial charge in [0.1, 0.15) is 6.10 Å². The third kappa shape index (κ3) is 3.16. The lowest BCUT2D eigenvalue weighted by molar-refractivity contribution is -0.139. The van der Waals surface area contributed by atoms with E-state index in [-0.39, 0.29) is 18.2 Å². The Balaban J connectivity index is 2.00. The van der Waals surface area contributed by atoms with Crippen molar-refractivity contribution in [1.29, 1.82) is 0 Å². The van der Waals surface area contributed by atoms with Gasteiger partial charge in [0.15, 0.2) is 0 Å². The molecule has 1 aliphatic rings. The van der Waals surface area contributed by atoms with Crippen LogP contribution in [0.25, 0.3) is 0 Å². The van der Waals surface area contributed by atoms with Gasteiger partial charge in [-0.2, -0.15) is 0 Å². The molecule has 1 fully saturated rings. The maximum absolute atomic E-state index is 12.1. The molecule has 0 radical (unpaired) electrons. The average molecular weight is 270 g/mol. The first-order valence-electron chi connectivity index (χ1n) is 5.60. The molecule has 0 bridgehead atoms. The molecule has 0 aromatic carbocycles. The number of Topliss-reactive ketones (excluding diaryl/α,β-unsaturated/α-hetero) is 1. The lowest BCUT2D eigenvalue weighted by Crippen LogP contribution is -2.35. The van der Waals surface area contributed by atoms with Crippen molar-refractivity contribution in [3.63, 3.8) is 0 Å². The molecule has 5 nitrogen and oxygen atoms in total. The second kappa shape index (κ2) is 6.08. The second-order valence-corrected chi connectivity index (χ2v) is 4.99. The summed E-state index contributed by atoms with van der Waals surface area (Å²) in [6.45, 7) is 1.27. The van der Waals surface area contributed by atoms with Crippen molar-refractivity contribution in [3.05, 3.63) is 21.9 Å². The van der Waals surface area contributed by atoms with Gasteiger partial charge < -0.3 is 14.2 Å². The van der Waals surface area contributed by atoms with Gasteiger partial charge in [-0.15, -0.1) is 11.3 Å². The van der Waals surface area contributed by atoms with Crippen LogP contribution in [0.15, 0.2) is 12.1 Å². The van der Waals surface area contributed by atoms with Gasteiger partial charge in [-0.05, 0) is 12.1 Å².